The smallest absolute Gasteiger partial charge is 0.161 e. The van der Waals surface area contributed by atoms with Gasteiger partial charge in [0.05, 0.1) is 13.2 Å². The Kier molecular flexibility index (Phi) is 8.52. The van der Waals surface area contributed by atoms with Gasteiger partial charge in [0, 0.05) is 28.2 Å². The second kappa shape index (κ2) is 10.6. The van der Waals surface area contributed by atoms with E-state index in [-0.39, 0.29) is 19.3 Å². The van der Waals surface area contributed by atoms with Gasteiger partial charge in [-0.15, -0.1) is 0 Å². The molecule has 0 aliphatic rings. The molecule has 0 amide bonds. The molecular weight excluding hydrogens is 373 g/mol. The van der Waals surface area contributed by atoms with Crippen molar-refractivity contribution in [3.63, 3.8) is 0 Å². The zero-order valence-corrected chi connectivity index (χ0v) is 16.6. The molecule has 2 N–H and O–H groups in total. The first-order valence-electron chi connectivity index (χ1n) is 8.74. The monoisotopic (exact) mass is 397 g/mol. The Balaban J connectivity index is 2.10. The zero-order chi connectivity index (χ0) is 18.9. The Labute approximate surface area is 165 Å². The molecule has 0 radical (unpaired) electrons. The fourth-order valence-electron chi connectivity index (χ4n) is 2.47. The Morgan fingerprint density at radius 1 is 1.04 bits per heavy atom. The van der Waals surface area contributed by atoms with Crippen molar-refractivity contribution in [2.24, 2.45) is 0 Å². The van der Waals surface area contributed by atoms with Crippen molar-refractivity contribution in [2.75, 3.05) is 13.2 Å². The van der Waals surface area contributed by atoms with Crippen molar-refractivity contribution in [1.82, 2.24) is 5.32 Å². The lowest BCUT2D eigenvalue weighted by atomic mass is 10.1. The summed E-state index contributed by atoms with van der Waals surface area (Å²) in [5, 5.41) is 13.7. The topological polar surface area (TPSA) is 50.7 Å². The molecule has 0 saturated carbocycles. The molecule has 142 valence electrons. The minimum absolute atomic E-state index is 0.0869. The molecule has 2 rings (SSSR count). The standard InChI is InChI=1S/C20H25Cl2NO3/c1-3-15(12-24)23-11-14-8-9-19(20(10-14)25-4-2)26-13-16-17(21)6-5-7-18(16)22/h5-10,15,23-24H,3-4,11-13H2,1-2H3/t15-/m1/s1. The molecule has 1 atom stereocenters. The highest BCUT2D eigenvalue weighted by Gasteiger charge is 2.11. The van der Waals surface area contributed by atoms with Crippen LogP contribution in [-0.4, -0.2) is 24.4 Å². The summed E-state index contributed by atoms with van der Waals surface area (Å²) >= 11 is 12.4. The maximum absolute atomic E-state index is 9.28. The molecule has 6 heteroatoms. The van der Waals surface area contributed by atoms with Crippen molar-refractivity contribution < 1.29 is 14.6 Å². The predicted octanol–water partition coefficient (Wildman–Crippen LogP) is 4.83. The van der Waals surface area contributed by atoms with Crippen LogP contribution in [-0.2, 0) is 13.2 Å². The highest BCUT2D eigenvalue weighted by molar-refractivity contribution is 6.35. The van der Waals surface area contributed by atoms with Gasteiger partial charge in [0.25, 0.3) is 0 Å². The number of rotatable bonds is 10. The first-order valence-corrected chi connectivity index (χ1v) is 9.50. The van der Waals surface area contributed by atoms with Crippen LogP contribution >= 0.6 is 23.2 Å². The number of aliphatic hydroxyl groups is 1. The van der Waals surface area contributed by atoms with Crippen LogP contribution in [0, 0.1) is 0 Å². The summed E-state index contributed by atoms with van der Waals surface area (Å²) in [5.41, 5.74) is 1.81. The van der Waals surface area contributed by atoms with Crippen LogP contribution in [0.1, 0.15) is 31.4 Å². The molecule has 4 nitrogen and oxygen atoms in total. The van der Waals surface area contributed by atoms with Gasteiger partial charge in [-0.05, 0) is 43.2 Å². The number of aliphatic hydroxyl groups excluding tert-OH is 1. The first-order chi connectivity index (χ1) is 12.6. The van der Waals surface area contributed by atoms with Crippen molar-refractivity contribution in [3.8, 4) is 11.5 Å². The first kappa shape index (κ1) is 20.8. The van der Waals surface area contributed by atoms with E-state index in [2.05, 4.69) is 5.32 Å². The summed E-state index contributed by atoms with van der Waals surface area (Å²) < 4.78 is 11.6. The maximum Gasteiger partial charge on any atom is 0.161 e. The number of ether oxygens (including phenoxy) is 2. The van der Waals surface area contributed by atoms with Crippen molar-refractivity contribution >= 4 is 23.2 Å². The molecule has 0 heterocycles. The van der Waals surface area contributed by atoms with Gasteiger partial charge in [-0.25, -0.2) is 0 Å². The molecule has 0 saturated heterocycles. The number of hydrogen-bond acceptors (Lipinski definition) is 4. The third-order valence-corrected chi connectivity index (χ3v) is 4.76. The van der Waals surface area contributed by atoms with Crippen molar-refractivity contribution in [1.29, 1.82) is 0 Å². The van der Waals surface area contributed by atoms with Crippen molar-refractivity contribution in [2.45, 2.75) is 39.5 Å². The van der Waals surface area contributed by atoms with E-state index in [0.717, 1.165) is 17.5 Å². The molecule has 0 unspecified atom stereocenters. The Morgan fingerprint density at radius 2 is 1.77 bits per heavy atom. The van der Waals surface area contributed by atoms with E-state index in [1.807, 2.05) is 32.0 Å². The lowest BCUT2D eigenvalue weighted by Gasteiger charge is -2.17. The zero-order valence-electron chi connectivity index (χ0n) is 15.1. The van der Waals surface area contributed by atoms with Crippen LogP contribution < -0.4 is 14.8 Å². The predicted molar refractivity (Wildman–Crippen MR) is 106 cm³/mol. The summed E-state index contributed by atoms with van der Waals surface area (Å²) in [5.74, 6) is 1.31. The van der Waals surface area contributed by atoms with Crippen LogP contribution in [0.4, 0.5) is 0 Å². The van der Waals surface area contributed by atoms with Gasteiger partial charge < -0.3 is 19.9 Å². The third-order valence-electron chi connectivity index (χ3n) is 4.05. The number of halogens is 2. The second-order valence-corrected chi connectivity index (χ2v) is 6.69. The van der Waals surface area contributed by atoms with Crippen LogP contribution in [0.2, 0.25) is 10.0 Å². The van der Waals surface area contributed by atoms with Gasteiger partial charge in [-0.1, -0.05) is 42.3 Å². The van der Waals surface area contributed by atoms with Gasteiger partial charge in [0.1, 0.15) is 6.61 Å². The van der Waals surface area contributed by atoms with E-state index in [1.54, 1.807) is 18.2 Å². The Hall–Kier alpha value is -1.46. The summed E-state index contributed by atoms with van der Waals surface area (Å²) in [7, 11) is 0. The van der Waals surface area contributed by atoms with Crippen LogP contribution in [0.3, 0.4) is 0 Å². The highest BCUT2D eigenvalue weighted by Crippen LogP contribution is 2.31. The van der Waals surface area contributed by atoms with Crippen LogP contribution in [0.25, 0.3) is 0 Å². The Morgan fingerprint density at radius 3 is 2.38 bits per heavy atom. The molecule has 0 aliphatic carbocycles. The van der Waals surface area contributed by atoms with E-state index in [0.29, 0.717) is 34.7 Å². The largest absolute Gasteiger partial charge is 0.490 e. The molecule has 0 fully saturated rings. The lowest BCUT2D eigenvalue weighted by Crippen LogP contribution is -2.31. The molecule has 26 heavy (non-hydrogen) atoms. The average Bonchev–Trinajstić information content (AvgIpc) is 2.64. The van der Waals surface area contributed by atoms with Crippen LogP contribution in [0.15, 0.2) is 36.4 Å². The number of hydrogen-bond donors (Lipinski definition) is 2. The molecule has 2 aromatic carbocycles. The average molecular weight is 398 g/mol. The highest BCUT2D eigenvalue weighted by atomic mass is 35.5. The van der Waals surface area contributed by atoms with Gasteiger partial charge in [0.2, 0.25) is 0 Å². The fourth-order valence-corrected chi connectivity index (χ4v) is 2.98. The summed E-state index contributed by atoms with van der Waals surface area (Å²) in [6.07, 6.45) is 0.870. The minimum atomic E-state index is 0.0869. The maximum atomic E-state index is 9.28. The molecule has 0 bridgehead atoms. The number of benzene rings is 2. The molecule has 0 aliphatic heterocycles. The van der Waals surface area contributed by atoms with E-state index >= 15 is 0 Å². The van der Waals surface area contributed by atoms with Crippen molar-refractivity contribution in [3.05, 3.63) is 57.6 Å². The van der Waals surface area contributed by atoms with Gasteiger partial charge in [0.15, 0.2) is 11.5 Å². The quantitative estimate of drug-likeness (QED) is 0.602. The second-order valence-electron chi connectivity index (χ2n) is 5.87. The molecular formula is C20H25Cl2NO3. The summed E-state index contributed by atoms with van der Waals surface area (Å²) in [6, 6.07) is 11.3. The normalized spacial score (nSPS) is 12.0. The van der Waals surface area contributed by atoms with E-state index < -0.39 is 0 Å². The van der Waals surface area contributed by atoms with E-state index in [1.165, 1.54) is 0 Å². The van der Waals surface area contributed by atoms with Gasteiger partial charge >= 0.3 is 0 Å². The van der Waals surface area contributed by atoms with Gasteiger partial charge in [-0.2, -0.15) is 0 Å². The number of nitrogens with one attached hydrogen (secondary N) is 1. The van der Waals surface area contributed by atoms with Crippen LogP contribution in [0.5, 0.6) is 11.5 Å². The molecule has 0 spiro atoms. The summed E-state index contributed by atoms with van der Waals surface area (Å²) in [4.78, 5) is 0. The van der Waals surface area contributed by atoms with E-state index in [4.69, 9.17) is 32.7 Å². The third kappa shape index (κ3) is 5.78. The lowest BCUT2D eigenvalue weighted by molar-refractivity contribution is 0.238. The SMILES string of the molecule is CCOc1cc(CN[C@H](CC)CO)ccc1OCc1c(Cl)cccc1Cl. The molecule has 2 aromatic rings. The molecule has 0 aromatic heterocycles. The van der Waals surface area contributed by atoms with Gasteiger partial charge in [-0.3, -0.25) is 0 Å². The van der Waals surface area contributed by atoms with E-state index in [9.17, 15) is 5.11 Å². The summed E-state index contributed by atoms with van der Waals surface area (Å²) in [6.45, 7) is 5.53. The minimum Gasteiger partial charge on any atom is -0.490 e. The Bertz CT molecular complexity index is 685. The fraction of sp³-hybridized carbons (Fsp3) is 0.400.